The average Bonchev–Trinajstić information content (AvgIpc) is 2.00. The molecule has 0 bridgehead atoms. The molecule has 0 aromatic rings. The number of allylic oxidation sites excluding steroid dienone is 1. The number of hydrogen-bond acceptors (Lipinski definition) is 2. The molecule has 1 saturated carbocycles. The van der Waals surface area contributed by atoms with Gasteiger partial charge in [0.25, 0.3) is 0 Å². The summed E-state index contributed by atoms with van der Waals surface area (Å²) in [5.41, 5.74) is 0.944. The average molecular weight is 203 g/mol. The minimum Gasteiger partial charge on any atom is -0.391 e. The molecule has 0 saturated heterocycles. The zero-order chi connectivity index (χ0) is 10.2. The maximum Gasteiger partial charge on any atom is 0.156 e. The van der Waals surface area contributed by atoms with Crippen molar-refractivity contribution in [1.82, 2.24) is 0 Å². The third kappa shape index (κ3) is 1.94. The van der Waals surface area contributed by atoms with E-state index in [2.05, 4.69) is 6.58 Å². The predicted octanol–water partition coefficient (Wildman–Crippen LogP) is 1.90. The first-order valence-electron chi connectivity index (χ1n) is 4.41. The number of rotatable bonds is 1. The molecular formula is C10H15ClO2. The van der Waals surface area contributed by atoms with Gasteiger partial charge in [-0.1, -0.05) is 12.2 Å². The Morgan fingerprint density at radius 2 is 2.31 bits per heavy atom. The molecule has 0 aromatic carbocycles. The number of halogens is 1. The lowest BCUT2D eigenvalue weighted by Gasteiger charge is -2.35. The van der Waals surface area contributed by atoms with Crippen LogP contribution in [0.3, 0.4) is 0 Å². The summed E-state index contributed by atoms with van der Waals surface area (Å²) in [4.78, 5) is 10.4. The Morgan fingerprint density at radius 1 is 1.77 bits per heavy atom. The van der Waals surface area contributed by atoms with Crippen LogP contribution >= 0.6 is 11.6 Å². The Balaban J connectivity index is 2.79. The Morgan fingerprint density at radius 3 is 2.69 bits per heavy atom. The number of hydrogen-bond donors (Lipinski definition) is 1. The number of carbonyl (C=O) groups excluding carboxylic acids is 1. The molecule has 0 aliphatic heterocycles. The van der Waals surface area contributed by atoms with Crippen LogP contribution in [0, 0.1) is 5.92 Å². The SMILES string of the molecule is C=C(C)C1CC(=O)[C@@](C)(Cl)[C@H](O)C1. The van der Waals surface area contributed by atoms with Gasteiger partial charge in [-0.3, -0.25) is 4.79 Å². The van der Waals surface area contributed by atoms with Crippen molar-refractivity contribution in [3.05, 3.63) is 12.2 Å². The molecule has 0 spiro atoms. The van der Waals surface area contributed by atoms with E-state index in [1.165, 1.54) is 0 Å². The number of aliphatic hydroxyl groups is 1. The Hall–Kier alpha value is -0.340. The molecule has 2 nitrogen and oxygen atoms in total. The molecular weight excluding hydrogens is 188 g/mol. The summed E-state index contributed by atoms with van der Waals surface area (Å²) < 4.78 is 0. The van der Waals surface area contributed by atoms with Crippen LogP contribution in [0.1, 0.15) is 26.7 Å². The van der Waals surface area contributed by atoms with Crippen LogP contribution < -0.4 is 0 Å². The number of alkyl halides is 1. The lowest BCUT2D eigenvalue weighted by molar-refractivity contribution is -0.127. The highest BCUT2D eigenvalue weighted by Crippen LogP contribution is 2.36. The van der Waals surface area contributed by atoms with Crippen LogP contribution in [0.5, 0.6) is 0 Å². The molecule has 3 heteroatoms. The van der Waals surface area contributed by atoms with Crippen LogP contribution in [0.15, 0.2) is 12.2 Å². The van der Waals surface area contributed by atoms with E-state index in [1.807, 2.05) is 6.92 Å². The van der Waals surface area contributed by atoms with Crippen molar-refractivity contribution >= 4 is 17.4 Å². The quantitative estimate of drug-likeness (QED) is 0.521. The van der Waals surface area contributed by atoms with Gasteiger partial charge in [-0.2, -0.15) is 0 Å². The van der Waals surface area contributed by atoms with Crippen LogP contribution in [-0.2, 0) is 4.79 Å². The van der Waals surface area contributed by atoms with E-state index in [-0.39, 0.29) is 11.7 Å². The van der Waals surface area contributed by atoms with Crippen LogP contribution in [0.25, 0.3) is 0 Å². The first-order chi connectivity index (χ1) is 5.85. The third-order valence-corrected chi connectivity index (χ3v) is 3.27. The molecule has 1 fully saturated rings. The molecule has 0 aromatic heterocycles. The molecule has 0 heterocycles. The van der Waals surface area contributed by atoms with Crippen molar-refractivity contribution in [3.8, 4) is 0 Å². The van der Waals surface area contributed by atoms with E-state index in [1.54, 1.807) is 6.92 Å². The number of aliphatic hydroxyl groups excluding tert-OH is 1. The molecule has 0 radical (unpaired) electrons. The molecule has 74 valence electrons. The zero-order valence-corrected chi connectivity index (χ0v) is 8.77. The predicted molar refractivity (Wildman–Crippen MR) is 52.8 cm³/mol. The third-order valence-electron chi connectivity index (χ3n) is 2.81. The maximum atomic E-state index is 11.5. The number of Topliss-reactive ketones (excluding diaryl/α,β-unsaturated/α-hetero) is 1. The van der Waals surface area contributed by atoms with E-state index < -0.39 is 11.0 Å². The summed E-state index contributed by atoms with van der Waals surface area (Å²) in [6.45, 7) is 7.25. The largest absolute Gasteiger partial charge is 0.391 e. The fourth-order valence-electron chi connectivity index (χ4n) is 1.56. The van der Waals surface area contributed by atoms with Crippen molar-refractivity contribution < 1.29 is 9.90 Å². The van der Waals surface area contributed by atoms with Gasteiger partial charge in [0, 0.05) is 6.42 Å². The van der Waals surface area contributed by atoms with E-state index in [9.17, 15) is 9.90 Å². The highest BCUT2D eigenvalue weighted by atomic mass is 35.5. The van der Waals surface area contributed by atoms with Crippen LogP contribution in [-0.4, -0.2) is 21.9 Å². The standard InChI is InChI=1S/C10H15ClO2/c1-6(2)7-4-8(12)10(3,11)9(13)5-7/h7-8,12H,1,4-5H2,2-3H3/t7?,8-,10+/m1/s1. The first-order valence-corrected chi connectivity index (χ1v) is 4.79. The van der Waals surface area contributed by atoms with Gasteiger partial charge in [0.2, 0.25) is 0 Å². The molecule has 1 unspecified atom stereocenters. The maximum absolute atomic E-state index is 11.5. The van der Waals surface area contributed by atoms with E-state index >= 15 is 0 Å². The molecule has 3 atom stereocenters. The lowest BCUT2D eigenvalue weighted by atomic mass is 9.77. The summed E-state index contributed by atoms with van der Waals surface area (Å²) in [5, 5.41) is 9.63. The van der Waals surface area contributed by atoms with Gasteiger partial charge in [-0.25, -0.2) is 0 Å². The summed E-state index contributed by atoms with van der Waals surface area (Å²) in [7, 11) is 0. The van der Waals surface area contributed by atoms with Crippen LogP contribution in [0.4, 0.5) is 0 Å². The smallest absolute Gasteiger partial charge is 0.156 e. The Bertz CT molecular complexity index is 245. The van der Waals surface area contributed by atoms with Crippen LogP contribution in [0.2, 0.25) is 0 Å². The minimum absolute atomic E-state index is 0.0825. The van der Waals surface area contributed by atoms with E-state index in [4.69, 9.17) is 11.6 Å². The summed E-state index contributed by atoms with van der Waals surface area (Å²) in [5.74, 6) is 0.00948. The van der Waals surface area contributed by atoms with Crippen molar-refractivity contribution in [2.75, 3.05) is 0 Å². The van der Waals surface area contributed by atoms with Gasteiger partial charge in [0.15, 0.2) is 5.78 Å². The Labute approximate surface area is 83.6 Å². The van der Waals surface area contributed by atoms with Crippen molar-refractivity contribution in [3.63, 3.8) is 0 Å². The van der Waals surface area contributed by atoms with Crippen molar-refractivity contribution in [2.45, 2.75) is 37.7 Å². The van der Waals surface area contributed by atoms with Gasteiger partial charge in [-0.15, -0.1) is 11.6 Å². The molecule has 1 N–H and O–H groups in total. The monoisotopic (exact) mass is 202 g/mol. The second-order valence-corrected chi connectivity index (χ2v) is 4.78. The van der Waals surface area contributed by atoms with Gasteiger partial charge in [-0.05, 0) is 26.2 Å². The van der Waals surface area contributed by atoms with E-state index in [0.29, 0.717) is 12.8 Å². The van der Waals surface area contributed by atoms with Crippen molar-refractivity contribution in [2.24, 2.45) is 5.92 Å². The van der Waals surface area contributed by atoms with Gasteiger partial charge in [0.05, 0.1) is 6.10 Å². The van der Waals surface area contributed by atoms with Gasteiger partial charge in [0.1, 0.15) is 4.87 Å². The molecule has 1 aliphatic carbocycles. The molecule has 1 aliphatic rings. The summed E-state index contributed by atoms with van der Waals surface area (Å²) >= 11 is 5.91. The topological polar surface area (TPSA) is 37.3 Å². The highest BCUT2D eigenvalue weighted by molar-refractivity contribution is 6.35. The summed E-state index contributed by atoms with van der Waals surface area (Å²) in [6.07, 6.45) is 0.199. The second kappa shape index (κ2) is 3.43. The fourth-order valence-corrected chi connectivity index (χ4v) is 1.72. The van der Waals surface area contributed by atoms with Crippen molar-refractivity contribution in [1.29, 1.82) is 0 Å². The highest BCUT2D eigenvalue weighted by Gasteiger charge is 2.44. The summed E-state index contributed by atoms with van der Waals surface area (Å²) in [6, 6.07) is 0. The zero-order valence-electron chi connectivity index (χ0n) is 8.01. The number of carbonyl (C=O) groups is 1. The molecule has 1 rings (SSSR count). The minimum atomic E-state index is -1.09. The van der Waals surface area contributed by atoms with Gasteiger partial charge >= 0.3 is 0 Å². The number of ketones is 1. The molecule has 13 heavy (non-hydrogen) atoms. The fraction of sp³-hybridized carbons (Fsp3) is 0.700. The normalized spacial score (nSPS) is 40.5. The Kier molecular flexibility index (Phi) is 2.83. The van der Waals surface area contributed by atoms with E-state index in [0.717, 1.165) is 5.57 Å². The first kappa shape index (κ1) is 10.7. The van der Waals surface area contributed by atoms with Gasteiger partial charge < -0.3 is 5.11 Å². The second-order valence-electron chi connectivity index (χ2n) is 4.00. The lowest BCUT2D eigenvalue weighted by Crippen LogP contribution is -2.47. The molecule has 0 amide bonds.